The Hall–Kier alpha value is -0.0200. The van der Waals surface area contributed by atoms with Crippen molar-refractivity contribution >= 4 is 23.1 Å². The minimum Gasteiger partial charge on any atom is -0.195 e. The van der Waals surface area contributed by atoms with E-state index in [-0.39, 0.29) is 0 Å². The Bertz CT molecular complexity index is 311. The van der Waals surface area contributed by atoms with E-state index in [9.17, 15) is 0 Å². The van der Waals surface area contributed by atoms with Crippen molar-refractivity contribution in [2.75, 3.05) is 11.5 Å². The summed E-state index contributed by atoms with van der Waals surface area (Å²) in [4.78, 5) is 0. The molecule has 1 heterocycles. The second-order valence-corrected chi connectivity index (χ2v) is 8.25. The molecular weight excluding hydrogens is 306 g/mol. The molecule has 128 valence electrons. The summed E-state index contributed by atoms with van der Waals surface area (Å²) in [7, 11) is 0. The zero-order valence-electron chi connectivity index (χ0n) is 14.6. The lowest BCUT2D eigenvalue weighted by atomic mass is 10.1. The fraction of sp³-hybridized carbons (Fsp3) is 0.842. The summed E-state index contributed by atoms with van der Waals surface area (Å²) < 4.78 is 2.29. The van der Waals surface area contributed by atoms with Gasteiger partial charge < -0.3 is 0 Å². The lowest BCUT2D eigenvalue weighted by Crippen LogP contribution is -2.31. The first-order valence-corrected chi connectivity index (χ1v) is 11.5. The van der Waals surface area contributed by atoms with Gasteiger partial charge in [0.2, 0.25) is 5.51 Å². The van der Waals surface area contributed by atoms with Gasteiger partial charge in [0.25, 0.3) is 0 Å². The zero-order chi connectivity index (χ0) is 15.7. The fourth-order valence-corrected chi connectivity index (χ4v) is 4.29. The number of thiazole rings is 1. The number of thioether (sulfide) groups is 1. The second kappa shape index (κ2) is 15.9. The second-order valence-electron chi connectivity index (χ2n) is 6.27. The van der Waals surface area contributed by atoms with Gasteiger partial charge >= 0.3 is 0 Å². The van der Waals surface area contributed by atoms with Crippen LogP contribution in [0, 0.1) is 0 Å². The minimum absolute atomic E-state index is 1.17. The van der Waals surface area contributed by atoms with Gasteiger partial charge in [-0.3, -0.25) is 0 Å². The number of nitrogens with zero attached hydrogens (tertiary/aromatic N) is 1. The van der Waals surface area contributed by atoms with E-state index in [4.69, 9.17) is 0 Å². The molecule has 0 aliphatic carbocycles. The van der Waals surface area contributed by atoms with E-state index in [0.29, 0.717) is 0 Å². The predicted molar refractivity (Wildman–Crippen MR) is 103 cm³/mol. The molecule has 1 rings (SSSR count). The molecule has 1 aromatic heterocycles. The van der Waals surface area contributed by atoms with Gasteiger partial charge in [0.1, 0.15) is 0 Å². The maximum absolute atomic E-state index is 2.29. The molecule has 0 aliphatic heterocycles. The van der Waals surface area contributed by atoms with Crippen LogP contribution in [0.15, 0.2) is 17.1 Å². The maximum atomic E-state index is 2.29. The first-order chi connectivity index (χ1) is 10.9. The summed E-state index contributed by atoms with van der Waals surface area (Å²) in [6.45, 7) is 3.47. The van der Waals surface area contributed by atoms with Crippen molar-refractivity contribution in [1.82, 2.24) is 0 Å². The maximum Gasteiger partial charge on any atom is 0.224 e. The molecule has 0 spiro atoms. The van der Waals surface area contributed by atoms with Crippen LogP contribution in [-0.4, -0.2) is 11.5 Å². The molecule has 1 aromatic rings. The van der Waals surface area contributed by atoms with Gasteiger partial charge in [0.05, 0.1) is 11.1 Å². The van der Waals surface area contributed by atoms with Gasteiger partial charge in [-0.2, -0.15) is 16.3 Å². The first-order valence-electron chi connectivity index (χ1n) is 9.42. The molecule has 0 N–H and O–H groups in total. The van der Waals surface area contributed by atoms with Crippen LogP contribution in [0.3, 0.4) is 0 Å². The molecule has 0 amide bonds. The van der Waals surface area contributed by atoms with Gasteiger partial charge in [-0.05, 0) is 12.2 Å². The first kappa shape index (κ1) is 20.0. The van der Waals surface area contributed by atoms with Gasteiger partial charge in [-0.15, -0.1) is 0 Å². The molecule has 0 fully saturated rings. The van der Waals surface area contributed by atoms with Gasteiger partial charge in [-0.25, -0.2) is 0 Å². The summed E-state index contributed by atoms with van der Waals surface area (Å²) in [5.41, 5.74) is 2.20. The van der Waals surface area contributed by atoms with Gasteiger partial charge in [0, 0.05) is 0 Å². The summed E-state index contributed by atoms with van der Waals surface area (Å²) in [5, 5.41) is 2.15. The number of hydrogen-bond donors (Lipinski definition) is 0. The highest BCUT2D eigenvalue weighted by Gasteiger charge is 1.99. The monoisotopic (exact) mass is 342 g/mol. The van der Waals surface area contributed by atoms with E-state index in [0.717, 1.165) is 0 Å². The largest absolute Gasteiger partial charge is 0.224 e. The smallest absolute Gasteiger partial charge is 0.195 e. The van der Waals surface area contributed by atoms with Crippen molar-refractivity contribution in [2.45, 2.75) is 90.5 Å². The van der Waals surface area contributed by atoms with Crippen LogP contribution in [0.2, 0.25) is 0 Å². The van der Waals surface area contributed by atoms with Crippen LogP contribution < -0.4 is 4.57 Å². The van der Waals surface area contributed by atoms with Crippen LogP contribution in [0.4, 0.5) is 0 Å². The number of unbranched alkanes of at least 4 members (excludes halogenated alkanes) is 11. The molecule has 0 aromatic carbocycles. The summed E-state index contributed by atoms with van der Waals surface area (Å²) in [6, 6.07) is 0. The summed E-state index contributed by atoms with van der Waals surface area (Å²) in [5.74, 6) is 2.61. The third-order valence-electron chi connectivity index (χ3n) is 4.16. The molecule has 0 bridgehead atoms. The number of hydrogen-bond acceptors (Lipinski definition) is 2. The lowest BCUT2D eigenvalue weighted by molar-refractivity contribution is -0.687. The number of rotatable bonds is 16. The highest BCUT2D eigenvalue weighted by molar-refractivity contribution is 7.99. The van der Waals surface area contributed by atoms with E-state index >= 15 is 0 Å². The Morgan fingerprint density at radius 2 is 1.36 bits per heavy atom. The van der Waals surface area contributed by atoms with Crippen molar-refractivity contribution in [3.8, 4) is 0 Å². The molecule has 0 saturated carbocycles. The Morgan fingerprint density at radius 1 is 0.773 bits per heavy atom. The fourth-order valence-electron chi connectivity index (χ4n) is 2.71. The average molecular weight is 343 g/mol. The van der Waals surface area contributed by atoms with Crippen LogP contribution in [0.5, 0.6) is 0 Å². The Kier molecular flexibility index (Phi) is 14.4. The van der Waals surface area contributed by atoms with Crippen molar-refractivity contribution in [1.29, 1.82) is 0 Å². The van der Waals surface area contributed by atoms with E-state index in [1.54, 1.807) is 11.3 Å². The Morgan fingerprint density at radius 3 is 1.91 bits per heavy atom. The number of aryl methyl sites for hydroxylation is 1. The quantitative estimate of drug-likeness (QED) is 0.246. The minimum atomic E-state index is 1.17. The Labute approximate surface area is 146 Å². The van der Waals surface area contributed by atoms with Crippen LogP contribution >= 0.6 is 23.1 Å². The normalized spacial score (nSPS) is 11.1. The van der Waals surface area contributed by atoms with Crippen molar-refractivity contribution in [2.24, 2.45) is 0 Å². The molecule has 0 saturated heterocycles. The van der Waals surface area contributed by atoms with Crippen LogP contribution in [0.1, 0.15) is 84.0 Å². The molecule has 3 heteroatoms. The average Bonchev–Trinajstić information content (AvgIpc) is 3.04. The topological polar surface area (TPSA) is 3.88 Å². The van der Waals surface area contributed by atoms with Crippen molar-refractivity contribution in [3.63, 3.8) is 0 Å². The summed E-state index contributed by atoms with van der Waals surface area (Å²) >= 11 is 3.90. The molecule has 0 unspecified atom stereocenters. The molecule has 0 aliphatic rings. The molecular formula is C19H36NS2+. The highest BCUT2D eigenvalue weighted by atomic mass is 32.2. The van der Waals surface area contributed by atoms with Crippen LogP contribution in [-0.2, 0) is 6.54 Å². The molecule has 22 heavy (non-hydrogen) atoms. The SMILES string of the molecule is CCCCCCCCCCCCCCSCC[n+]1ccsc1. The third kappa shape index (κ3) is 12.5. The predicted octanol–water partition coefficient (Wildman–Crippen LogP) is 6.47. The molecule has 0 atom stereocenters. The van der Waals surface area contributed by atoms with Gasteiger partial charge in [-0.1, -0.05) is 88.9 Å². The van der Waals surface area contributed by atoms with Crippen molar-refractivity contribution in [3.05, 3.63) is 17.1 Å². The third-order valence-corrected chi connectivity index (χ3v) is 5.88. The van der Waals surface area contributed by atoms with E-state index in [1.165, 1.54) is 95.1 Å². The lowest BCUT2D eigenvalue weighted by Gasteiger charge is -2.03. The summed E-state index contributed by atoms with van der Waals surface area (Å²) in [6.07, 6.45) is 19.6. The van der Waals surface area contributed by atoms with E-state index in [1.807, 2.05) is 0 Å². The van der Waals surface area contributed by atoms with Crippen LogP contribution in [0.25, 0.3) is 0 Å². The van der Waals surface area contributed by atoms with E-state index < -0.39 is 0 Å². The molecule has 0 radical (unpaired) electrons. The zero-order valence-corrected chi connectivity index (χ0v) is 16.2. The van der Waals surface area contributed by atoms with Crippen molar-refractivity contribution < 1.29 is 4.57 Å². The number of aromatic nitrogens is 1. The molecule has 1 nitrogen and oxygen atoms in total. The van der Waals surface area contributed by atoms with E-state index in [2.05, 4.69) is 40.3 Å². The van der Waals surface area contributed by atoms with Gasteiger partial charge in [0.15, 0.2) is 12.7 Å². The highest BCUT2D eigenvalue weighted by Crippen LogP contribution is 2.13. The standard InChI is InChI=1S/C19H36NS2/c1-2-3-4-5-6-7-8-9-10-11-12-13-16-21-17-14-20-15-18-22-19-20/h15,18-19H,2-14,16-17H2,1H3/q+1. The Balaban J connectivity index is 1.68.